The molecule has 0 atom stereocenters. The molecule has 0 unspecified atom stereocenters. The Morgan fingerprint density at radius 2 is 1.92 bits per heavy atom. The summed E-state index contributed by atoms with van der Waals surface area (Å²) in [4.78, 5) is 16.9. The molecule has 1 fully saturated rings. The molecule has 2 N–H and O–H groups in total. The number of aliphatic hydroxyl groups is 1. The van der Waals surface area contributed by atoms with E-state index < -0.39 is 42.0 Å². The monoisotopic (exact) mass is 566 g/mol. The molecular formula is C25H32ClF5N4O3. The van der Waals surface area contributed by atoms with Crippen molar-refractivity contribution in [1.29, 1.82) is 0 Å². The van der Waals surface area contributed by atoms with Gasteiger partial charge in [0.25, 0.3) is 5.91 Å². The largest absolute Gasteiger partial charge is 0.416 e. The third-order valence-electron chi connectivity index (χ3n) is 6.96. The van der Waals surface area contributed by atoms with Crippen LogP contribution >= 0.6 is 11.6 Å². The van der Waals surface area contributed by atoms with E-state index in [4.69, 9.17) is 11.6 Å². The fourth-order valence-electron chi connectivity index (χ4n) is 4.36. The number of carbonyl (C=O) groups excluding carboxylic acids is 1. The number of carbonyl (C=O) groups is 1. The number of nitrogens with one attached hydrogen (secondary N) is 1. The van der Waals surface area contributed by atoms with E-state index in [9.17, 15) is 31.9 Å². The fraction of sp³-hybridized carbons (Fsp3) is 0.640. The summed E-state index contributed by atoms with van der Waals surface area (Å²) < 4.78 is 72.4. The molecule has 2 aromatic heterocycles. The molecule has 0 saturated heterocycles. The topological polar surface area (TPSA) is 89.3 Å². The average Bonchev–Trinajstić information content (AvgIpc) is 3.15. The number of hydrogen-bond donors (Lipinski definition) is 2. The highest BCUT2D eigenvalue weighted by Crippen LogP contribution is 2.42. The van der Waals surface area contributed by atoms with E-state index in [1.807, 2.05) is 0 Å². The second-order valence-electron chi connectivity index (χ2n) is 10.5. The second kappa shape index (κ2) is 11.3. The van der Waals surface area contributed by atoms with E-state index in [1.165, 1.54) is 16.8 Å². The molecule has 0 spiro atoms. The first-order chi connectivity index (χ1) is 17.6. The third kappa shape index (κ3) is 6.74. The molecule has 212 valence electrons. The lowest BCUT2D eigenvalue weighted by Crippen LogP contribution is -2.45. The molecule has 0 aliphatic heterocycles. The van der Waals surface area contributed by atoms with Crippen molar-refractivity contribution in [3.05, 3.63) is 28.5 Å². The number of halogens is 6. The molecule has 0 radical (unpaired) electrons. The Hall–Kier alpha value is -2.47. The van der Waals surface area contributed by atoms with Crippen LogP contribution in [0.5, 0.6) is 5.88 Å². The predicted octanol–water partition coefficient (Wildman–Crippen LogP) is 6.02. The molecule has 1 aliphatic carbocycles. The number of amides is 1. The molecule has 7 nitrogen and oxygen atoms in total. The molecule has 1 saturated carbocycles. The molecule has 0 aromatic carbocycles. The van der Waals surface area contributed by atoms with Gasteiger partial charge in [-0.05, 0) is 50.7 Å². The van der Waals surface area contributed by atoms with Gasteiger partial charge in [0.05, 0.1) is 27.3 Å². The van der Waals surface area contributed by atoms with Crippen LogP contribution in [0.2, 0.25) is 5.02 Å². The summed E-state index contributed by atoms with van der Waals surface area (Å²) in [7, 11) is 0. The lowest BCUT2D eigenvalue weighted by molar-refractivity contribution is -0.211. The van der Waals surface area contributed by atoms with Gasteiger partial charge < -0.3 is 15.2 Å². The summed E-state index contributed by atoms with van der Waals surface area (Å²) in [5, 5.41) is 17.5. The van der Waals surface area contributed by atoms with E-state index in [2.05, 4.69) is 27.1 Å². The maximum atomic E-state index is 13.4. The minimum absolute atomic E-state index is 0.00577. The van der Waals surface area contributed by atoms with Crippen molar-refractivity contribution in [3.8, 4) is 17.1 Å². The first-order valence-corrected chi connectivity index (χ1v) is 12.7. The third-order valence-corrected chi connectivity index (χ3v) is 7.31. The van der Waals surface area contributed by atoms with Crippen molar-refractivity contribution in [3.63, 3.8) is 0 Å². The van der Waals surface area contributed by atoms with E-state index in [0.29, 0.717) is 18.8 Å². The zero-order valence-corrected chi connectivity index (χ0v) is 22.4. The van der Waals surface area contributed by atoms with Gasteiger partial charge in [-0.25, -0.2) is 4.98 Å². The highest BCUT2D eigenvalue weighted by atomic mass is 35.5. The summed E-state index contributed by atoms with van der Waals surface area (Å²) in [6, 6.07) is 2.54. The first kappa shape index (κ1) is 30.1. The van der Waals surface area contributed by atoms with Gasteiger partial charge in [0, 0.05) is 25.2 Å². The highest BCUT2D eigenvalue weighted by Gasteiger charge is 2.47. The van der Waals surface area contributed by atoms with Gasteiger partial charge in [-0.2, -0.15) is 27.1 Å². The number of hydrogen-bond acceptors (Lipinski definition) is 5. The Kier molecular flexibility index (Phi) is 8.97. The lowest BCUT2D eigenvalue weighted by atomic mass is 9.79. The van der Waals surface area contributed by atoms with Crippen LogP contribution in [0.4, 0.5) is 22.0 Å². The van der Waals surface area contributed by atoms with E-state index in [1.54, 1.807) is 6.92 Å². The Labute approximate surface area is 222 Å². The molecular weight excluding hydrogens is 535 g/mol. The number of aromatic nitrogens is 3. The summed E-state index contributed by atoms with van der Waals surface area (Å²) >= 11 is 6.50. The van der Waals surface area contributed by atoms with Crippen molar-refractivity contribution < 1.29 is 36.6 Å². The number of rotatable bonds is 9. The molecule has 1 aliphatic rings. The summed E-state index contributed by atoms with van der Waals surface area (Å²) in [5.74, 6) is -0.805. The molecule has 0 bridgehead atoms. The van der Waals surface area contributed by atoms with Gasteiger partial charge in [-0.1, -0.05) is 32.4 Å². The molecule has 1 amide bonds. The Morgan fingerprint density at radius 3 is 2.47 bits per heavy atom. The maximum absolute atomic E-state index is 13.4. The number of ether oxygens (including phenoxy) is 1. The number of alkyl halides is 5. The zero-order valence-electron chi connectivity index (χ0n) is 21.6. The summed E-state index contributed by atoms with van der Waals surface area (Å²) in [5.41, 5.74) is -3.53. The highest BCUT2D eigenvalue weighted by molar-refractivity contribution is 6.36. The van der Waals surface area contributed by atoms with Crippen molar-refractivity contribution in [2.24, 2.45) is 11.3 Å². The minimum Gasteiger partial charge on any atom is -0.416 e. The average molecular weight is 567 g/mol. The lowest BCUT2D eigenvalue weighted by Gasteiger charge is -2.34. The Bertz CT molecular complexity index is 1140. The van der Waals surface area contributed by atoms with Gasteiger partial charge >= 0.3 is 12.8 Å². The van der Waals surface area contributed by atoms with Crippen LogP contribution in [0, 0.1) is 11.3 Å². The summed E-state index contributed by atoms with van der Waals surface area (Å²) in [6.07, 6.45) is -2.39. The van der Waals surface area contributed by atoms with Gasteiger partial charge in [-0.15, -0.1) is 0 Å². The van der Waals surface area contributed by atoms with Crippen LogP contribution in [-0.4, -0.2) is 50.7 Å². The van der Waals surface area contributed by atoms with Crippen LogP contribution in [-0.2, 0) is 13.0 Å². The SMILES string of the molecule is CCn1nc(C(=O)NCC2(O)CCC(C)CC2)c(Cl)c1-c1ccc(CC(C)(C)C(F)(F)F)nc1OC(F)F. The maximum Gasteiger partial charge on any atom is 0.394 e. The van der Waals surface area contributed by atoms with Crippen molar-refractivity contribution in [1.82, 2.24) is 20.1 Å². The van der Waals surface area contributed by atoms with Crippen molar-refractivity contribution in [2.75, 3.05) is 6.54 Å². The van der Waals surface area contributed by atoms with Gasteiger partial charge in [0.2, 0.25) is 5.88 Å². The van der Waals surface area contributed by atoms with E-state index in [0.717, 1.165) is 26.7 Å². The normalized spacial score (nSPS) is 20.6. The molecule has 2 aromatic rings. The molecule has 3 rings (SSSR count). The van der Waals surface area contributed by atoms with Crippen LogP contribution < -0.4 is 10.1 Å². The van der Waals surface area contributed by atoms with Crippen molar-refractivity contribution >= 4 is 17.5 Å². The predicted molar refractivity (Wildman–Crippen MR) is 131 cm³/mol. The fourth-order valence-corrected chi connectivity index (χ4v) is 4.68. The van der Waals surface area contributed by atoms with Crippen LogP contribution in [0.15, 0.2) is 12.1 Å². The Morgan fingerprint density at radius 1 is 1.29 bits per heavy atom. The van der Waals surface area contributed by atoms with Crippen LogP contribution in [0.25, 0.3) is 11.3 Å². The second-order valence-corrected chi connectivity index (χ2v) is 10.9. The number of aryl methyl sites for hydroxylation is 1. The minimum atomic E-state index is -4.55. The van der Waals surface area contributed by atoms with E-state index in [-0.39, 0.29) is 40.8 Å². The van der Waals surface area contributed by atoms with Crippen LogP contribution in [0.3, 0.4) is 0 Å². The van der Waals surface area contributed by atoms with Gasteiger partial charge in [-0.3, -0.25) is 9.48 Å². The smallest absolute Gasteiger partial charge is 0.394 e. The number of pyridine rings is 1. The van der Waals surface area contributed by atoms with Crippen molar-refractivity contribution in [2.45, 2.75) is 84.7 Å². The molecule has 38 heavy (non-hydrogen) atoms. The zero-order chi connectivity index (χ0) is 28.5. The molecule has 2 heterocycles. The quantitative estimate of drug-likeness (QED) is 0.362. The van der Waals surface area contributed by atoms with E-state index >= 15 is 0 Å². The van der Waals surface area contributed by atoms with Gasteiger partial charge in [0.1, 0.15) is 0 Å². The first-order valence-electron chi connectivity index (χ1n) is 12.4. The molecule has 13 heteroatoms. The Balaban J connectivity index is 1.93. The number of nitrogens with zero attached hydrogens (tertiary/aromatic N) is 3. The summed E-state index contributed by atoms with van der Waals surface area (Å²) in [6.45, 7) is 2.60. The van der Waals surface area contributed by atoms with Gasteiger partial charge in [0.15, 0.2) is 5.69 Å². The van der Waals surface area contributed by atoms with Crippen LogP contribution in [0.1, 0.15) is 69.6 Å². The standard InChI is InChI=1S/C25H32ClF5N4O3/c1-5-35-19(17(26)18(34-35)20(36)32-13-24(37)10-8-14(2)9-11-24)16-7-6-15(33-21(16)38-22(27)28)12-23(3,4)25(29,30)31/h6-7,14,22,37H,5,8-13H2,1-4H3,(H,32,36).